The molecular weight excluding hydrogens is 320 g/mol. The topological polar surface area (TPSA) is 76.7 Å². The summed E-state index contributed by atoms with van der Waals surface area (Å²) in [4.78, 5) is 45.3. The Kier molecular flexibility index (Phi) is 5.21. The first-order chi connectivity index (χ1) is 12.1. The number of carbonyl (C=O) groups is 3. The second-order valence-corrected chi connectivity index (χ2v) is 6.56. The van der Waals surface area contributed by atoms with Crippen LogP contribution in [0.3, 0.4) is 0 Å². The van der Waals surface area contributed by atoms with Crippen molar-refractivity contribution in [2.75, 3.05) is 39.3 Å². The summed E-state index contributed by atoms with van der Waals surface area (Å²) >= 11 is 0. The van der Waals surface area contributed by atoms with Gasteiger partial charge in [-0.3, -0.25) is 14.4 Å². The number of H-pyrrole nitrogens is 1. The maximum Gasteiger partial charge on any atom is 0.255 e. The number of nitrogens with one attached hydrogen (secondary N) is 1. The molecule has 7 heteroatoms. The first-order valence-electron chi connectivity index (χ1n) is 8.69. The van der Waals surface area contributed by atoms with Crippen LogP contribution in [0.25, 0.3) is 0 Å². The van der Waals surface area contributed by atoms with Gasteiger partial charge in [0.1, 0.15) is 0 Å². The molecule has 134 valence electrons. The van der Waals surface area contributed by atoms with E-state index in [4.69, 9.17) is 0 Å². The lowest BCUT2D eigenvalue weighted by molar-refractivity contribution is -0.135. The number of amides is 3. The molecule has 2 aliphatic heterocycles. The van der Waals surface area contributed by atoms with Gasteiger partial charge in [-0.05, 0) is 12.5 Å². The third kappa shape index (κ3) is 3.75. The van der Waals surface area contributed by atoms with Crippen LogP contribution in [0.1, 0.15) is 23.2 Å². The predicted molar refractivity (Wildman–Crippen MR) is 92.8 cm³/mol. The summed E-state index contributed by atoms with van der Waals surface area (Å²) in [5.41, 5.74) is 0.640. The molecule has 3 heterocycles. The number of hydrogen-bond acceptors (Lipinski definition) is 3. The summed E-state index contributed by atoms with van der Waals surface area (Å²) in [6.07, 6.45) is 6.12. The molecule has 0 spiro atoms. The van der Waals surface area contributed by atoms with Crippen molar-refractivity contribution >= 4 is 17.7 Å². The molecule has 1 aromatic rings. The van der Waals surface area contributed by atoms with E-state index in [1.807, 2.05) is 0 Å². The second kappa shape index (κ2) is 7.55. The molecule has 25 heavy (non-hydrogen) atoms. The number of likely N-dealkylation sites (tertiary alicyclic amines) is 1. The first-order valence-corrected chi connectivity index (χ1v) is 8.69. The van der Waals surface area contributed by atoms with E-state index in [0.717, 1.165) is 6.42 Å². The fourth-order valence-corrected chi connectivity index (χ4v) is 3.51. The van der Waals surface area contributed by atoms with Crippen molar-refractivity contribution in [2.45, 2.75) is 12.8 Å². The molecule has 1 unspecified atom stereocenters. The van der Waals surface area contributed by atoms with E-state index in [9.17, 15) is 14.4 Å². The molecule has 3 amide bonds. The van der Waals surface area contributed by atoms with Gasteiger partial charge < -0.3 is 19.7 Å². The van der Waals surface area contributed by atoms with E-state index >= 15 is 0 Å². The zero-order chi connectivity index (χ0) is 17.8. The smallest absolute Gasteiger partial charge is 0.255 e. The minimum absolute atomic E-state index is 0.0104. The maximum absolute atomic E-state index is 12.8. The van der Waals surface area contributed by atoms with Gasteiger partial charge in [-0.15, -0.1) is 6.58 Å². The first kappa shape index (κ1) is 17.3. The van der Waals surface area contributed by atoms with Gasteiger partial charge in [-0.1, -0.05) is 6.08 Å². The van der Waals surface area contributed by atoms with Crippen LogP contribution in [0.5, 0.6) is 0 Å². The van der Waals surface area contributed by atoms with Crippen LogP contribution in [0.4, 0.5) is 0 Å². The average Bonchev–Trinajstić information content (AvgIpc) is 3.19. The quantitative estimate of drug-likeness (QED) is 0.818. The normalized spacial score (nSPS) is 21.4. The Hall–Kier alpha value is -2.57. The third-order valence-corrected chi connectivity index (χ3v) is 4.85. The minimum Gasteiger partial charge on any atom is -0.367 e. The highest BCUT2D eigenvalue weighted by Crippen LogP contribution is 2.21. The SMILES string of the molecule is C=CCN1CC(C(=O)N2CCCN(C(=O)c3cc[nH]c3)CC2)CC1=O. The van der Waals surface area contributed by atoms with Crippen LogP contribution in [0.15, 0.2) is 31.1 Å². The lowest BCUT2D eigenvalue weighted by Crippen LogP contribution is -2.40. The van der Waals surface area contributed by atoms with Gasteiger partial charge in [-0.25, -0.2) is 0 Å². The van der Waals surface area contributed by atoms with Crippen LogP contribution in [0, 0.1) is 5.92 Å². The van der Waals surface area contributed by atoms with Gasteiger partial charge in [0.15, 0.2) is 0 Å². The fraction of sp³-hybridized carbons (Fsp3) is 0.500. The number of carbonyl (C=O) groups excluding carboxylic acids is 3. The Morgan fingerprint density at radius 2 is 2.00 bits per heavy atom. The molecule has 2 fully saturated rings. The standard InChI is InChI=1S/C18H24N4O3/c1-2-6-22-13-15(11-16(22)23)18(25)21-8-3-7-20(9-10-21)17(24)14-4-5-19-12-14/h2,4-5,12,15,19H,1,3,6-11,13H2. The van der Waals surface area contributed by atoms with E-state index in [1.54, 1.807) is 39.2 Å². The summed E-state index contributed by atoms with van der Waals surface area (Å²) in [6.45, 7) is 6.90. The van der Waals surface area contributed by atoms with E-state index < -0.39 is 0 Å². The number of aromatic nitrogens is 1. The molecule has 0 radical (unpaired) electrons. The highest BCUT2D eigenvalue weighted by atomic mass is 16.2. The zero-order valence-electron chi connectivity index (χ0n) is 14.3. The minimum atomic E-state index is -0.278. The second-order valence-electron chi connectivity index (χ2n) is 6.56. The lowest BCUT2D eigenvalue weighted by Gasteiger charge is -2.24. The highest BCUT2D eigenvalue weighted by Gasteiger charge is 2.36. The number of hydrogen-bond donors (Lipinski definition) is 1. The average molecular weight is 344 g/mol. The summed E-state index contributed by atoms with van der Waals surface area (Å²) < 4.78 is 0. The molecule has 0 saturated carbocycles. The van der Waals surface area contributed by atoms with Crippen LogP contribution >= 0.6 is 0 Å². The molecule has 0 aromatic carbocycles. The number of nitrogens with zero attached hydrogens (tertiary/aromatic N) is 3. The van der Waals surface area contributed by atoms with E-state index in [2.05, 4.69) is 11.6 Å². The lowest BCUT2D eigenvalue weighted by atomic mass is 10.1. The molecule has 0 aliphatic carbocycles. The van der Waals surface area contributed by atoms with Crippen LogP contribution in [-0.2, 0) is 9.59 Å². The van der Waals surface area contributed by atoms with E-state index in [1.165, 1.54) is 0 Å². The molecule has 0 bridgehead atoms. The summed E-state index contributed by atoms with van der Waals surface area (Å²) in [5, 5.41) is 0. The van der Waals surface area contributed by atoms with Crippen molar-refractivity contribution in [1.82, 2.24) is 19.7 Å². The van der Waals surface area contributed by atoms with Crippen molar-refractivity contribution in [3.05, 3.63) is 36.7 Å². The van der Waals surface area contributed by atoms with Crippen molar-refractivity contribution in [3.63, 3.8) is 0 Å². The van der Waals surface area contributed by atoms with Gasteiger partial charge in [-0.2, -0.15) is 0 Å². The molecule has 2 aliphatic rings. The van der Waals surface area contributed by atoms with E-state index in [-0.39, 0.29) is 30.1 Å². The molecule has 1 aromatic heterocycles. The van der Waals surface area contributed by atoms with Crippen molar-refractivity contribution in [2.24, 2.45) is 5.92 Å². The zero-order valence-corrected chi connectivity index (χ0v) is 14.3. The van der Waals surface area contributed by atoms with Gasteiger partial charge in [0.25, 0.3) is 5.91 Å². The Labute approximate surface area is 147 Å². The molecule has 3 rings (SSSR count). The van der Waals surface area contributed by atoms with Gasteiger partial charge >= 0.3 is 0 Å². The number of rotatable bonds is 4. The Balaban J connectivity index is 1.58. The van der Waals surface area contributed by atoms with Crippen molar-refractivity contribution in [3.8, 4) is 0 Å². The largest absolute Gasteiger partial charge is 0.367 e. The van der Waals surface area contributed by atoms with Gasteiger partial charge in [0.2, 0.25) is 11.8 Å². The van der Waals surface area contributed by atoms with Crippen molar-refractivity contribution in [1.29, 1.82) is 0 Å². The van der Waals surface area contributed by atoms with Crippen molar-refractivity contribution < 1.29 is 14.4 Å². The molecule has 2 saturated heterocycles. The monoisotopic (exact) mass is 344 g/mol. The van der Waals surface area contributed by atoms with Crippen LogP contribution in [0.2, 0.25) is 0 Å². The Morgan fingerprint density at radius 1 is 1.24 bits per heavy atom. The molecule has 7 nitrogen and oxygen atoms in total. The molecule has 1 N–H and O–H groups in total. The number of aromatic amines is 1. The van der Waals surface area contributed by atoms with E-state index in [0.29, 0.717) is 44.8 Å². The summed E-state index contributed by atoms with van der Waals surface area (Å²) in [7, 11) is 0. The molecular formula is C18H24N4O3. The highest BCUT2D eigenvalue weighted by molar-refractivity contribution is 5.94. The summed E-state index contributed by atoms with van der Waals surface area (Å²) in [5.74, 6) is -0.253. The molecule has 1 atom stereocenters. The van der Waals surface area contributed by atoms with Gasteiger partial charge in [0, 0.05) is 58.1 Å². The van der Waals surface area contributed by atoms with Gasteiger partial charge in [0.05, 0.1) is 11.5 Å². The third-order valence-electron chi connectivity index (χ3n) is 4.85. The maximum atomic E-state index is 12.8. The Morgan fingerprint density at radius 3 is 2.72 bits per heavy atom. The van der Waals surface area contributed by atoms with Crippen LogP contribution < -0.4 is 0 Å². The fourth-order valence-electron chi connectivity index (χ4n) is 3.51. The summed E-state index contributed by atoms with van der Waals surface area (Å²) in [6, 6.07) is 1.76. The van der Waals surface area contributed by atoms with Crippen LogP contribution in [-0.4, -0.2) is 76.7 Å². The predicted octanol–water partition coefficient (Wildman–Crippen LogP) is 0.724. The Bertz CT molecular complexity index is 655.